The molecule has 6 heteroatoms. The maximum absolute atomic E-state index is 11.9. The summed E-state index contributed by atoms with van der Waals surface area (Å²) in [6.07, 6.45) is 12.3. The van der Waals surface area contributed by atoms with Gasteiger partial charge in [-0.2, -0.15) is 8.42 Å². The molecule has 0 saturated carbocycles. The number of benzene rings is 1. The van der Waals surface area contributed by atoms with Crippen LogP contribution in [0.15, 0.2) is 35.2 Å². The first-order valence-electron chi connectivity index (χ1n) is 9.06. The SMILES string of the molecule is CCCCCCCCCCCCOS(=O)(=O)c1ccccc1.CO.[CaH2]. The van der Waals surface area contributed by atoms with Crippen LogP contribution in [0.3, 0.4) is 0 Å². The molecular formula is C19H36CaO4S. The second kappa shape index (κ2) is 19.1. The summed E-state index contributed by atoms with van der Waals surface area (Å²) in [7, 11) is -2.57. The first-order valence-corrected chi connectivity index (χ1v) is 10.5. The van der Waals surface area contributed by atoms with Crippen LogP contribution < -0.4 is 0 Å². The summed E-state index contributed by atoms with van der Waals surface area (Å²) in [5.41, 5.74) is 0. The average Bonchev–Trinajstić information content (AvgIpc) is 2.62. The molecule has 1 rings (SSSR count). The summed E-state index contributed by atoms with van der Waals surface area (Å²) in [6, 6.07) is 8.33. The molecule has 0 aliphatic heterocycles. The van der Waals surface area contributed by atoms with Gasteiger partial charge in [-0.15, -0.1) is 0 Å². The molecule has 4 nitrogen and oxygen atoms in total. The van der Waals surface area contributed by atoms with Gasteiger partial charge in [-0.25, -0.2) is 0 Å². The molecule has 0 amide bonds. The van der Waals surface area contributed by atoms with E-state index in [1.54, 1.807) is 30.3 Å². The predicted molar refractivity (Wildman–Crippen MR) is 108 cm³/mol. The molecule has 0 radical (unpaired) electrons. The molecule has 1 N–H and O–H groups in total. The molecular weight excluding hydrogens is 364 g/mol. The van der Waals surface area contributed by atoms with Gasteiger partial charge in [0.1, 0.15) is 0 Å². The Kier molecular flexibility index (Phi) is 21.1. The van der Waals surface area contributed by atoms with Gasteiger partial charge in [0.25, 0.3) is 10.1 Å². The summed E-state index contributed by atoms with van der Waals surface area (Å²) >= 11 is 0. The molecule has 0 bridgehead atoms. The predicted octanol–water partition coefficient (Wildman–Crippen LogP) is 4.01. The fraction of sp³-hybridized carbons (Fsp3) is 0.684. The maximum atomic E-state index is 11.9. The minimum absolute atomic E-state index is 0. The van der Waals surface area contributed by atoms with Gasteiger partial charge in [0.05, 0.1) is 11.5 Å². The van der Waals surface area contributed by atoms with Crippen LogP contribution >= 0.6 is 0 Å². The van der Waals surface area contributed by atoms with Gasteiger partial charge in [0.2, 0.25) is 0 Å². The average molecular weight is 401 g/mol. The van der Waals surface area contributed by atoms with Crippen LogP contribution in [-0.2, 0) is 14.3 Å². The Morgan fingerprint density at radius 1 is 0.800 bits per heavy atom. The number of unbranched alkanes of at least 4 members (excludes halogenated alkanes) is 9. The number of hydrogen-bond acceptors (Lipinski definition) is 4. The van der Waals surface area contributed by atoms with Gasteiger partial charge < -0.3 is 5.11 Å². The van der Waals surface area contributed by atoms with Gasteiger partial charge in [-0.05, 0) is 18.6 Å². The molecule has 0 heterocycles. The van der Waals surface area contributed by atoms with Gasteiger partial charge in [0.15, 0.2) is 0 Å². The zero-order valence-corrected chi connectivity index (χ0v) is 16.1. The molecule has 1 aromatic rings. The summed E-state index contributed by atoms with van der Waals surface area (Å²) in [6.45, 7) is 2.52. The Morgan fingerprint density at radius 2 is 1.24 bits per heavy atom. The van der Waals surface area contributed by atoms with Crippen molar-refractivity contribution in [2.24, 2.45) is 0 Å². The van der Waals surface area contributed by atoms with E-state index in [0.29, 0.717) is 0 Å². The van der Waals surface area contributed by atoms with Crippen LogP contribution in [0.5, 0.6) is 0 Å². The fourth-order valence-corrected chi connectivity index (χ4v) is 3.38. The topological polar surface area (TPSA) is 63.6 Å². The van der Waals surface area contributed by atoms with Crippen LogP contribution in [-0.4, -0.2) is 65.0 Å². The van der Waals surface area contributed by atoms with E-state index in [2.05, 4.69) is 6.92 Å². The molecule has 0 fully saturated rings. The molecule has 25 heavy (non-hydrogen) atoms. The summed E-state index contributed by atoms with van der Waals surface area (Å²) in [5.74, 6) is 0. The quantitative estimate of drug-likeness (QED) is 0.309. The minimum atomic E-state index is -3.57. The molecule has 0 unspecified atom stereocenters. The Labute approximate surface area is 184 Å². The molecule has 0 atom stereocenters. The molecule has 0 saturated heterocycles. The van der Waals surface area contributed by atoms with E-state index in [1.165, 1.54) is 51.4 Å². The molecule has 0 spiro atoms. The number of rotatable bonds is 13. The number of aliphatic hydroxyl groups excluding tert-OH is 1. The first-order chi connectivity index (χ1) is 11.7. The van der Waals surface area contributed by atoms with E-state index < -0.39 is 10.1 Å². The zero-order valence-electron chi connectivity index (χ0n) is 15.2. The molecule has 1 aromatic carbocycles. The normalized spacial score (nSPS) is 10.5. The van der Waals surface area contributed by atoms with E-state index in [9.17, 15) is 8.42 Å². The summed E-state index contributed by atoms with van der Waals surface area (Å²) in [4.78, 5) is 0.238. The number of aliphatic hydroxyl groups is 1. The van der Waals surface area contributed by atoms with Crippen molar-refractivity contribution in [2.45, 2.75) is 76.0 Å². The van der Waals surface area contributed by atoms with Crippen LogP contribution in [0, 0.1) is 0 Å². The fourth-order valence-electron chi connectivity index (χ4n) is 2.41. The summed E-state index contributed by atoms with van der Waals surface area (Å²) < 4.78 is 28.8. The van der Waals surface area contributed by atoms with Crippen LogP contribution in [0.4, 0.5) is 0 Å². The third-order valence-electron chi connectivity index (χ3n) is 3.77. The van der Waals surface area contributed by atoms with Crippen molar-refractivity contribution in [1.82, 2.24) is 0 Å². The van der Waals surface area contributed by atoms with Gasteiger partial charge in [0, 0.05) is 7.11 Å². The molecule has 0 aromatic heterocycles. The standard InChI is InChI=1S/C18H30O3S.CH4O.Ca.2H/c1-2-3-4-5-6-7-8-9-10-14-17-21-22(19,20)18-15-12-11-13-16-18;1-2;;;/h11-13,15-16H,2-10,14,17H2,1H3;2H,1H3;;;. The van der Waals surface area contributed by atoms with Crippen molar-refractivity contribution in [3.8, 4) is 0 Å². The Balaban J connectivity index is 0. The third-order valence-corrected chi connectivity index (χ3v) is 5.09. The van der Waals surface area contributed by atoms with Crippen molar-refractivity contribution in [2.75, 3.05) is 13.7 Å². The van der Waals surface area contributed by atoms with E-state index in [-0.39, 0.29) is 49.2 Å². The van der Waals surface area contributed by atoms with E-state index in [4.69, 9.17) is 9.29 Å². The first kappa shape index (κ1) is 27.6. The Morgan fingerprint density at radius 3 is 1.72 bits per heavy atom. The van der Waals surface area contributed by atoms with E-state index in [0.717, 1.165) is 20.0 Å². The molecule has 144 valence electrons. The van der Waals surface area contributed by atoms with Crippen LogP contribution in [0.25, 0.3) is 0 Å². The Bertz CT molecular complexity index is 477. The van der Waals surface area contributed by atoms with Crippen LogP contribution in [0.2, 0.25) is 0 Å². The van der Waals surface area contributed by atoms with E-state index in [1.807, 2.05) is 0 Å². The zero-order chi connectivity index (χ0) is 18.1. The van der Waals surface area contributed by atoms with Crippen molar-refractivity contribution >= 4 is 47.9 Å². The van der Waals surface area contributed by atoms with Crippen molar-refractivity contribution < 1.29 is 17.7 Å². The monoisotopic (exact) mass is 400 g/mol. The van der Waals surface area contributed by atoms with Crippen molar-refractivity contribution in [3.63, 3.8) is 0 Å². The van der Waals surface area contributed by atoms with Crippen molar-refractivity contribution in [3.05, 3.63) is 30.3 Å². The van der Waals surface area contributed by atoms with Gasteiger partial charge in [-0.1, -0.05) is 82.9 Å². The van der Waals surface area contributed by atoms with Crippen LogP contribution in [0.1, 0.15) is 71.1 Å². The second-order valence-corrected chi connectivity index (χ2v) is 7.39. The molecule has 0 aliphatic carbocycles. The van der Waals surface area contributed by atoms with Gasteiger partial charge in [-0.3, -0.25) is 4.18 Å². The molecule has 0 aliphatic rings. The summed E-state index contributed by atoms with van der Waals surface area (Å²) in [5, 5.41) is 7.00. The number of hydrogen-bond donors (Lipinski definition) is 1. The second-order valence-electron chi connectivity index (χ2n) is 5.77. The van der Waals surface area contributed by atoms with Crippen molar-refractivity contribution in [1.29, 1.82) is 0 Å². The Hall–Kier alpha value is 0.350. The van der Waals surface area contributed by atoms with E-state index >= 15 is 0 Å². The third kappa shape index (κ3) is 15.1. The van der Waals surface area contributed by atoms with Gasteiger partial charge >= 0.3 is 37.7 Å².